The predicted octanol–water partition coefficient (Wildman–Crippen LogP) is 1.88. The van der Waals surface area contributed by atoms with Gasteiger partial charge in [-0.15, -0.1) is 0 Å². The van der Waals surface area contributed by atoms with Crippen molar-refractivity contribution in [2.75, 3.05) is 7.11 Å². The molecule has 2 aromatic rings. The van der Waals surface area contributed by atoms with Crippen molar-refractivity contribution in [3.8, 4) is 5.75 Å². The number of benzene rings is 1. The highest BCUT2D eigenvalue weighted by atomic mass is 16.5. The summed E-state index contributed by atoms with van der Waals surface area (Å²) in [4.78, 5) is 8.66. The largest absolute Gasteiger partial charge is 0.497 e. The Labute approximate surface area is 106 Å². The minimum atomic E-state index is -0.0566. The van der Waals surface area contributed by atoms with Gasteiger partial charge in [0.25, 0.3) is 0 Å². The Morgan fingerprint density at radius 3 is 2.50 bits per heavy atom. The molecule has 2 rings (SSSR count). The molecule has 0 atom stereocenters. The number of aromatic nitrogens is 2. The Morgan fingerprint density at radius 2 is 1.89 bits per heavy atom. The Kier molecular flexibility index (Phi) is 3.89. The van der Waals surface area contributed by atoms with Crippen molar-refractivity contribution in [3.63, 3.8) is 0 Å². The molecule has 0 fully saturated rings. The Balaban J connectivity index is 2.19. The summed E-state index contributed by atoms with van der Waals surface area (Å²) in [7, 11) is 1.65. The van der Waals surface area contributed by atoms with E-state index in [0.29, 0.717) is 12.1 Å². The van der Waals surface area contributed by atoms with E-state index in [9.17, 15) is 0 Å². The van der Waals surface area contributed by atoms with Gasteiger partial charge in [-0.3, -0.25) is 0 Å². The standard InChI is InChI=1S/C14H16N2O2/c1-10-7-12(9-17)16-14(15-10)8-11-3-5-13(18-2)6-4-11/h3-7,17H,8-9H2,1-2H3. The van der Waals surface area contributed by atoms with E-state index in [1.165, 1.54) is 0 Å². The zero-order valence-corrected chi connectivity index (χ0v) is 10.6. The maximum atomic E-state index is 9.11. The number of rotatable bonds is 4. The number of hydrogen-bond donors (Lipinski definition) is 1. The second-order valence-corrected chi connectivity index (χ2v) is 4.10. The molecule has 0 bridgehead atoms. The molecule has 1 aromatic carbocycles. The molecule has 18 heavy (non-hydrogen) atoms. The van der Waals surface area contributed by atoms with Gasteiger partial charge in [0.05, 0.1) is 19.4 Å². The van der Waals surface area contributed by atoms with Crippen LogP contribution in [0.3, 0.4) is 0 Å². The van der Waals surface area contributed by atoms with Crippen molar-refractivity contribution in [1.82, 2.24) is 9.97 Å². The number of hydrogen-bond acceptors (Lipinski definition) is 4. The number of methoxy groups -OCH3 is 1. The molecule has 0 saturated heterocycles. The summed E-state index contributed by atoms with van der Waals surface area (Å²) in [5, 5.41) is 9.11. The first-order chi connectivity index (χ1) is 8.71. The van der Waals surface area contributed by atoms with Crippen molar-refractivity contribution in [2.24, 2.45) is 0 Å². The van der Waals surface area contributed by atoms with Gasteiger partial charge in [0.15, 0.2) is 0 Å². The third kappa shape index (κ3) is 3.05. The van der Waals surface area contributed by atoms with Crippen molar-refractivity contribution >= 4 is 0 Å². The van der Waals surface area contributed by atoms with Crippen LogP contribution in [0.15, 0.2) is 30.3 Å². The smallest absolute Gasteiger partial charge is 0.133 e. The Bertz CT molecular complexity index is 524. The molecule has 0 amide bonds. The number of nitrogens with zero attached hydrogens (tertiary/aromatic N) is 2. The SMILES string of the molecule is COc1ccc(Cc2nc(C)cc(CO)n2)cc1. The molecule has 4 heteroatoms. The van der Waals surface area contributed by atoms with E-state index in [1.54, 1.807) is 13.2 Å². The summed E-state index contributed by atoms with van der Waals surface area (Å²) in [6, 6.07) is 9.60. The van der Waals surface area contributed by atoms with E-state index in [0.717, 1.165) is 22.8 Å². The minimum Gasteiger partial charge on any atom is -0.497 e. The maximum absolute atomic E-state index is 9.11. The molecule has 0 aliphatic rings. The highest BCUT2D eigenvalue weighted by Gasteiger charge is 2.03. The molecule has 1 N–H and O–H groups in total. The number of aliphatic hydroxyl groups excluding tert-OH is 1. The van der Waals surface area contributed by atoms with Gasteiger partial charge in [-0.25, -0.2) is 9.97 Å². The van der Waals surface area contributed by atoms with Crippen LogP contribution < -0.4 is 4.74 Å². The van der Waals surface area contributed by atoms with Crippen LogP contribution >= 0.6 is 0 Å². The molecule has 1 heterocycles. The van der Waals surface area contributed by atoms with Gasteiger partial charge in [0.2, 0.25) is 0 Å². The lowest BCUT2D eigenvalue weighted by Gasteiger charge is -2.05. The average Bonchev–Trinajstić information content (AvgIpc) is 2.39. The molecule has 0 unspecified atom stereocenters. The van der Waals surface area contributed by atoms with Gasteiger partial charge in [-0.1, -0.05) is 12.1 Å². The lowest BCUT2D eigenvalue weighted by atomic mass is 10.1. The van der Waals surface area contributed by atoms with Crippen molar-refractivity contribution in [3.05, 3.63) is 53.1 Å². The summed E-state index contributed by atoms with van der Waals surface area (Å²) in [5.74, 6) is 1.56. The van der Waals surface area contributed by atoms with Crippen LogP contribution in [0.2, 0.25) is 0 Å². The van der Waals surface area contributed by atoms with Gasteiger partial charge in [0, 0.05) is 12.1 Å². The first-order valence-corrected chi connectivity index (χ1v) is 5.78. The zero-order chi connectivity index (χ0) is 13.0. The van der Waals surface area contributed by atoms with Crippen molar-refractivity contribution in [1.29, 1.82) is 0 Å². The first-order valence-electron chi connectivity index (χ1n) is 5.78. The van der Waals surface area contributed by atoms with E-state index in [-0.39, 0.29) is 6.61 Å². The van der Waals surface area contributed by atoms with E-state index >= 15 is 0 Å². The molecule has 94 valence electrons. The molecule has 1 aromatic heterocycles. The molecule has 0 spiro atoms. The normalized spacial score (nSPS) is 10.4. The first kappa shape index (κ1) is 12.5. The average molecular weight is 244 g/mol. The lowest BCUT2D eigenvalue weighted by Crippen LogP contribution is -2.02. The Hall–Kier alpha value is -1.94. The quantitative estimate of drug-likeness (QED) is 0.892. The Morgan fingerprint density at radius 1 is 1.17 bits per heavy atom. The topological polar surface area (TPSA) is 55.2 Å². The summed E-state index contributed by atoms with van der Waals surface area (Å²) in [5.41, 5.74) is 2.65. The van der Waals surface area contributed by atoms with Crippen LogP contribution in [-0.4, -0.2) is 22.2 Å². The van der Waals surface area contributed by atoms with Crippen molar-refractivity contribution < 1.29 is 9.84 Å². The van der Waals surface area contributed by atoms with E-state index in [2.05, 4.69) is 9.97 Å². The molecule has 0 aliphatic carbocycles. The monoisotopic (exact) mass is 244 g/mol. The van der Waals surface area contributed by atoms with Gasteiger partial charge in [-0.2, -0.15) is 0 Å². The fourth-order valence-corrected chi connectivity index (χ4v) is 1.79. The molecule has 0 saturated carbocycles. The number of aliphatic hydroxyl groups is 1. The summed E-state index contributed by atoms with van der Waals surface area (Å²) in [6.45, 7) is 1.84. The van der Waals surface area contributed by atoms with Crippen molar-refractivity contribution in [2.45, 2.75) is 20.0 Å². The summed E-state index contributed by atoms with van der Waals surface area (Å²) >= 11 is 0. The molecule has 4 nitrogen and oxygen atoms in total. The number of aryl methyl sites for hydroxylation is 1. The van der Waals surface area contributed by atoms with Gasteiger partial charge in [-0.05, 0) is 30.7 Å². The highest BCUT2D eigenvalue weighted by molar-refractivity contribution is 5.29. The van der Waals surface area contributed by atoms with E-state index in [4.69, 9.17) is 9.84 Å². The van der Waals surface area contributed by atoms with Crippen LogP contribution in [-0.2, 0) is 13.0 Å². The fourth-order valence-electron chi connectivity index (χ4n) is 1.79. The lowest BCUT2D eigenvalue weighted by molar-refractivity contribution is 0.276. The van der Waals surface area contributed by atoms with Crippen LogP contribution in [0, 0.1) is 6.92 Å². The predicted molar refractivity (Wildman–Crippen MR) is 68.5 cm³/mol. The molecular formula is C14H16N2O2. The highest BCUT2D eigenvalue weighted by Crippen LogP contribution is 2.13. The second kappa shape index (κ2) is 5.60. The van der Waals surface area contributed by atoms with Gasteiger partial charge >= 0.3 is 0 Å². The third-order valence-corrected chi connectivity index (χ3v) is 2.64. The summed E-state index contributed by atoms with van der Waals surface area (Å²) in [6.07, 6.45) is 0.651. The fraction of sp³-hybridized carbons (Fsp3) is 0.286. The third-order valence-electron chi connectivity index (χ3n) is 2.64. The van der Waals surface area contributed by atoms with Gasteiger partial charge < -0.3 is 9.84 Å². The zero-order valence-electron chi connectivity index (χ0n) is 10.6. The van der Waals surface area contributed by atoms with Crippen LogP contribution in [0.1, 0.15) is 22.8 Å². The second-order valence-electron chi connectivity index (χ2n) is 4.10. The molecule has 0 aliphatic heterocycles. The van der Waals surface area contributed by atoms with E-state index in [1.807, 2.05) is 31.2 Å². The molecular weight excluding hydrogens is 228 g/mol. The van der Waals surface area contributed by atoms with E-state index < -0.39 is 0 Å². The summed E-state index contributed by atoms with van der Waals surface area (Å²) < 4.78 is 5.11. The van der Waals surface area contributed by atoms with Gasteiger partial charge in [0.1, 0.15) is 11.6 Å². The minimum absolute atomic E-state index is 0.0566. The number of ether oxygens (including phenoxy) is 1. The molecule has 0 radical (unpaired) electrons. The van der Waals surface area contributed by atoms with Crippen LogP contribution in [0.5, 0.6) is 5.75 Å². The van der Waals surface area contributed by atoms with Crippen LogP contribution in [0.25, 0.3) is 0 Å². The van der Waals surface area contributed by atoms with Crippen LogP contribution in [0.4, 0.5) is 0 Å². The maximum Gasteiger partial charge on any atom is 0.133 e.